The van der Waals surface area contributed by atoms with Crippen molar-refractivity contribution < 1.29 is 12.8 Å². The summed E-state index contributed by atoms with van der Waals surface area (Å²) in [6, 6.07) is 7.77. The largest absolute Gasteiger partial charge is 0.250 e. The summed E-state index contributed by atoms with van der Waals surface area (Å²) in [6.45, 7) is 2.08. The molecule has 1 aromatic heterocycles. The number of nitrogens with one attached hydrogen (secondary N) is 1. The minimum Gasteiger partial charge on any atom is -0.210 e. The molecule has 1 N–H and O–H groups in total. The van der Waals surface area contributed by atoms with E-state index in [0.717, 1.165) is 14.9 Å². The van der Waals surface area contributed by atoms with Crippen LogP contribution in [0.2, 0.25) is 0 Å². The zero-order valence-electron chi connectivity index (χ0n) is 10.7. The van der Waals surface area contributed by atoms with E-state index in [1.165, 1.54) is 23.5 Å². The van der Waals surface area contributed by atoms with Gasteiger partial charge in [0.25, 0.3) is 0 Å². The van der Waals surface area contributed by atoms with Crippen LogP contribution in [-0.2, 0) is 16.4 Å². The maximum atomic E-state index is 13.0. The number of halogens is 2. The smallest absolute Gasteiger partial charge is 0.210 e. The highest BCUT2D eigenvalue weighted by atomic mass is 79.9. The Balaban J connectivity index is 1.99. The van der Waals surface area contributed by atoms with E-state index in [-0.39, 0.29) is 16.6 Å². The first kappa shape index (κ1) is 15.6. The summed E-state index contributed by atoms with van der Waals surface area (Å²) >= 11 is 4.48. The highest BCUT2D eigenvalue weighted by Gasteiger charge is 2.17. The Kier molecular flexibility index (Phi) is 4.95. The molecule has 7 heteroatoms. The van der Waals surface area contributed by atoms with Gasteiger partial charge in [0.1, 0.15) is 10.0 Å². The molecule has 0 aliphatic rings. The number of benzene rings is 1. The van der Waals surface area contributed by atoms with E-state index in [2.05, 4.69) is 20.7 Å². The van der Waals surface area contributed by atoms with Crippen molar-refractivity contribution in [2.45, 2.75) is 17.6 Å². The van der Waals surface area contributed by atoms with E-state index in [0.29, 0.717) is 6.42 Å². The minimum absolute atomic E-state index is 0.236. The van der Waals surface area contributed by atoms with Gasteiger partial charge < -0.3 is 0 Å². The predicted octanol–water partition coefficient (Wildman–Crippen LogP) is 3.48. The van der Waals surface area contributed by atoms with E-state index in [1.807, 2.05) is 6.92 Å². The van der Waals surface area contributed by atoms with E-state index >= 15 is 0 Å². The summed E-state index contributed by atoms with van der Waals surface area (Å²) in [5, 5.41) is 0. The molecule has 3 nitrogen and oxygen atoms in total. The summed E-state index contributed by atoms with van der Waals surface area (Å²) in [6.07, 6.45) is 0.447. The van der Waals surface area contributed by atoms with Crippen LogP contribution >= 0.6 is 27.3 Å². The van der Waals surface area contributed by atoms with Crippen LogP contribution < -0.4 is 4.72 Å². The van der Waals surface area contributed by atoms with Gasteiger partial charge in [-0.05, 0) is 58.6 Å². The van der Waals surface area contributed by atoms with Gasteiger partial charge in [-0.15, -0.1) is 11.3 Å². The first-order valence-electron chi connectivity index (χ1n) is 5.88. The molecule has 0 saturated heterocycles. The molecule has 0 amide bonds. The SMILES string of the molecule is Cc1cc(S(=O)(=O)NCCc2cccc(F)c2)sc1Br. The third-order valence-electron chi connectivity index (χ3n) is 2.69. The van der Waals surface area contributed by atoms with E-state index in [1.54, 1.807) is 18.2 Å². The molecule has 2 aromatic rings. The van der Waals surface area contributed by atoms with E-state index < -0.39 is 10.0 Å². The van der Waals surface area contributed by atoms with Crippen molar-refractivity contribution in [2.75, 3.05) is 6.54 Å². The number of sulfonamides is 1. The topological polar surface area (TPSA) is 46.2 Å². The van der Waals surface area contributed by atoms with Crippen molar-refractivity contribution in [1.82, 2.24) is 4.72 Å². The summed E-state index contributed by atoms with van der Waals surface area (Å²) < 4.78 is 40.7. The first-order chi connectivity index (χ1) is 9.38. The maximum absolute atomic E-state index is 13.0. The lowest BCUT2D eigenvalue weighted by Crippen LogP contribution is -2.25. The van der Waals surface area contributed by atoms with E-state index in [4.69, 9.17) is 0 Å². The molecule has 20 heavy (non-hydrogen) atoms. The van der Waals surface area contributed by atoms with Crippen LogP contribution in [0.25, 0.3) is 0 Å². The van der Waals surface area contributed by atoms with Gasteiger partial charge >= 0.3 is 0 Å². The van der Waals surface area contributed by atoms with Gasteiger partial charge in [0.15, 0.2) is 0 Å². The van der Waals surface area contributed by atoms with Crippen molar-refractivity contribution >= 4 is 37.3 Å². The van der Waals surface area contributed by atoms with Crippen LogP contribution in [-0.4, -0.2) is 15.0 Å². The molecule has 0 unspecified atom stereocenters. The Labute approximate surface area is 130 Å². The van der Waals surface area contributed by atoms with Crippen LogP contribution in [0.5, 0.6) is 0 Å². The van der Waals surface area contributed by atoms with Crippen LogP contribution in [0.3, 0.4) is 0 Å². The Morgan fingerprint density at radius 3 is 2.70 bits per heavy atom. The van der Waals surface area contributed by atoms with Crippen molar-refractivity contribution in [3.05, 3.63) is 51.1 Å². The van der Waals surface area contributed by atoms with Crippen molar-refractivity contribution in [3.63, 3.8) is 0 Å². The molecule has 1 aromatic carbocycles. The molecule has 0 spiro atoms. The Hall–Kier alpha value is -0.760. The predicted molar refractivity (Wildman–Crippen MR) is 82.0 cm³/mol. The van der Waals surface area contributed by atoms with Crippen molar-refractivity contribution in [1.29, 1.82) is 0 Å². The second kappa shape index (κ2) is 6.34. The summed E-state index contributed by atoms with van der Waals surface area (Å²) in [4.78, 5) is 0. The minimum atomic E-state index is -3.50. The van der Waals surface area contributed by atoms with Gasteiger partial charge in [-0.1, -0.05) is 12.1 Å². The fourth-order valence-electron chi connectivity index (χ4n) is 1.66. The molecular weight excluding hydrogens is 365 g/mol. The zero-order valence-corrected chi connectivity index (χ0v) is 13.9. The van der Waals surface area contributed by atoms with Gasteiger partial charge in [0, 0.05) is 6.54 Å². The number of aryl methyl sites for hydroxylation is 1. The highest BCUT2D eigenvalue weighted by molar-refractivity contribution is 9.11. The van der Waals surface area contributed by atoms with Gasteiger partial charge in [0.2, 0.25) is 10.0 Å². The molecule has 0 fully saturated rings. The average Bonchev–Trinajstić information content (AvgIpc) is 2.70. The molecule has 0 aliphatic heterocycles. The fourth-order valence-corrected chi connectivity index (χ4v) is 4.96. The second-order valence-electron chi connectivity index (χ2n) is 4.30. The Bertz CT molecular complexity index is 693. The molecule has 0 atom stereocenters. The lowest BCUT2D eigenvalue weighted by Gasteiger charge is -2.05. The molecule has 2 rings (SSSR count). The van der Waals surface area contributed by atoms with Crippen molar-refractivity contribution in [2.24, 2.45) is 0 Å². The number of hydrogen-bond donors (Lipinski definition) is 1. The molecule has 108 valence electrons. The van der Waals surface area contributed by atoms with Crippen LogP contribution in [0.1, 0.15) is 11.1 Å². The van der Waals surface area contributed by atoms with E-state index in [9.17, 15) is 12.8 Å². The first-order valence-corrected chi connectivity index (χ1v) is 8.98. The normalized spacial score (nSPS) is 11.8. The second-order valence-corrected chi connectivity index (χ2v) is 8.66. The maximum Gasteiger partial charge on any atom is 0.250 e. The number of rotatable bonds is 5. The molecular formula is C13H13BrFNO2S2. The Morgan fingerprint density at radius 2 is 2.10 bits per heavy atom. The van der Waals surface area contributed by atoms with Crippen LogP contribution in [0, 0.1) is 12.7 Å². The molecule has 0 aliphatic carbocycles. The third-order valence-corrected chi connectivity index (χ3v) is 6.77. The fraction of sp³-hybridized carbons (Fsp3) is 0.231. The third kappa shape index (κ3) is 3.88. The number of thiophene rings is 1. The Morgan fingerprint density at radius 1 is 1.35 bits per heavy atom. The van der Waals surface area contributed by atoms with Gasteiger partial charge in [0.05, 0.1) is 3.79 Å². The lowest BCUT2D eigenvalue weighted by atomic mass is 10.1. The molecule has 0 radical (unpaired) electrons. The van der Waals surface area contributed by atoms with Gasteiger partial charge in [-0.25, -0.2) is 17.5 Å². The lowest BCUT2D eigenvalue weighted by molar-refractivity contribution is 0.583. The van der Waals surface area contributed by atoms with Gasteiger partial charge in [-0.2, -0.15) is 0 Å². The van der Waals surface area contributed by atoms with Crippen LogP contribution in [0.4, 0.5) is 4.39 Å². The summed E-state index contributed by atoms with van der Waals surface area (Å²) in [5.41, 5.74) is 1.65. The number of hydrogen-bond acceptors (Lipinski definition) is 3. The zero-order chi connectivity index (χ0) is 14.8. The van der Waals surface area contributed by atoms with Crippen LogP contribution in [0.15, 0.2) is 38.3 Å². The summed E-state index contributed by atoms with van der Waals surface area (Å²) in [5.74, 6) is -0.317. The molecule has 0 saturated carbocycles. The van der Waals surface area contributed by atoms with Gasteiger partial charge in [-0.3, -0.25) is 0 Å². The van der Waals surface area contributed by atoms with Crippen molar-refractivity contribution in [3.8, 4) is 0 Å². The molecule has 1 heterocycles. The average molecular weight is 378 g/mol. The highest BCUT2D eigenvalue weighted by Crippen LogP contribution is 2.30. The quantitative estimate of drug-likeness (QED) is 0.866. The summed E-state index contributed by atoms with van der Waals surface area (Å²) in [7, 11) is -3.50. The molecule has 0 bridgehead atoms. The monoisotopic (exact) mass is 377 g/mol. The standard InChI is InChI=1S/C13H13BrFNO2S2/c1-9-7-12(19-13(9)14)20(17,18)16-6-5-10-3-2-4-11(15)8-10/h2-4,7-8,16H,5-6H2,1H3.